The van der Waals surface area contributed by atoms with Gasteiger partial charge >= 0.3 is 0 Å². The molecule has 3 rings (SSSR count). The van der Waals surface area contributed by atoms with E-state index in [9.17, 15) is 9.50 Å². The van der Waals surface area contributed by atoms with Gasteiger partial charge in [-0.15, -0.1) is 0 Å². The minimum Gasteiger partial charge on any atom is -0.505 e. The van der Waals surface area contributed by atoms with Crippen molar-refractivity contribution in [2.24, 2.45) is 4.99 Å². The number of aromatic nitrogens is 2. The molecule has 1 atom stereocenters. The second kappa shape index (κ2) is 8.41. The summed E-state index contributed by atoms with van der Waals surface area (Å²) in [5, 5.41) is 20.7. The van der Waals surface area contributed by atoms with E-state index in [2.05, 4.69) is 35.7 Å². The van der Waals surface area contributed by atoms with Gasteiger partial charge in [0.25, 0.3) is 0 Å². The van der Waals surface area contributed by atoms with Crippen molar-refractivity contribution < 1.29 is 9.50 Å². The molecule has 7 heteroatoms. The van der Waals surface area contributed by atoms with E-state index in [1.54, 1.807) is 6.07 Å². The van der Waals surface area contributed by atoms with Crippen LogP contribution in [-0.4, -0.2) is 33.4 Å². The van der Waals surface area contributed by atoms with Crippen molar-refractivity contribution in [2.75, 3.05) is 6.54 Å². The topological polar surface area (TPSA) is 74.5 Å². The van der Waals surface area contributed by atoms with E-state index in [-0.39, 0.29) is 11.8 Å². The number of nitrogens with zero attached hydrogens (tertiary/aromatic N) is 3. The number of phenols is 1. The maximum absolute atomic E-state index is 13.5. The zero-order valence-corrected chi connectivity index (χ0v) is 16.2. The summed E-state index contributed by atoms with van der Waals surface area (Å²) in [5.74, 6) is -0.254. The Balaban J connectivity index is 1.66. The Morgan fingerprint density at radius 2 is 2.26 bits per heavy atom. The fourth-order valence-corrected chi connectivity index (χ4v) is 3.23. The molecular formula is C20H28FN5O. The van der Waals surface area contributed by atoms with E-state index in [4.69, 9.17) is 5.10 Å². The van der Waals surface area contributed by atoms with Crippen LogP contribution in [0.25, 0.3) is 0 Å². The summed E-state index contributed by atoms with van der Waals surface area (Å²) in [6, 6.07) is 4.98. The van der Waals surface area contributed by atoms with Gasteiger partial charge in [0.05, 0.1) is 12.2 Å². The van der Waals surface area contributed by atoms with E-state index < -0.39 is 5.82 Å². The molecule has 0 bridgehead atoms. The molecule has 1 unspecified atom stereocenters. The largest absolute Gasteiger partial charge is 0.505 e. The Kier molecular flexibility index (Phi) is 5.98. The van der Waals surface area contributed by atoms with Gasteiger partial charge in [-0.3, -0.25) is 4.68 Å². The summed E-state index contributed by atoms with van der Waals surface area (Å²) in [5.41, 5.74) is 3.20. The molecule has 2 aromatic rings. The van der Waals surface area contributed by atoms with E-state index in [0.717, 1.165) is 31.5 Å². The van der Waals surface area contributed by atoms with Crippen LogP contribution in [-0.2, 0) is 19.4 Å². The molecule has 0 saturated carbocycles. The van der Waals surface area contributed by atoms with Crippen LogP contribution >= 0.6 is 0 Å². The Bertz CT molecular complexity index is 815. The Labute approximate surface area is 159 Å². The molecule has 0 radical (unpaired) electrons. The highest BCUT2D eigenvalue weighted by Crippen LogP contribution is 2.22. The van der Waals surface area contributed by atoms with Crippen molar-refractivity contribution in [3.8, 4) is 5.75 Å². The smallest absolute Gasteiger partial charge is 0.191 e. The quantitative estimate of drug-likeness (QED) is 0.556. The number of nitrogens with one attached hydrogen (secondary N) is 2. The highest BCUT2D eigenvalue weighted by atomic mass is 19.1. The molecule has 0 fully saturated rings. The summed E-state index contributed by atoms with van der Waals surface area (Å²) in [6.45, 7) is 7.37. The third-order valence-electron chi connectivity index (χ3n) is 4.74. The van der Waals surface area contributed by atoms with Gasteiger partial charge in [-0.25, -0.2) is 9.38 Å². The molecule has 27 heavy (non-hydrogen) atoms. The summed E-state index contributed by atoms with van der Waals surface area (Å²) >= 11 is 0. The van der Waals surface area contributed by atoms with Crippen LogP contribution in [0, 0.1) is 5.82 Å². The van der Waals surface area contributed by atoms with Gasteiger partial charge in [-0.1, -0.05) is 6.07 Å². The number of fused-ring (bicyclic) bond motifs is 1. The van der Waals surface area contributed by atoms with Gasteiger partial charge in [-0.05, 0) is 56.9 Å². The Morgan fingerprint density at radius 3 is 2.96 bits per heavy atom. The number of rotatable bonds is 5. The molecule has 1 aliphatic carbocycles. The maximum Gasteiger partial charge on any atom is 0.191 e. The first-order valence-electron chi connectivity index (χ1n) is 9.55. The maximum atomic E-state index is 13.5. The van der Waals surface area contributed by atoms with Crippen molar-refractivity contribution in [1.82, 2.24) is 20.4 Å². The molecule has 0 aliphatic heterocycles. The van der Waals surface area contributed by atoms with Gasteiger partial charge in [-0.2, -0.15) is 5.10 Å². The monoisotopic (exact) mass is 373 g/mol. The summed E-state index contributed by atoms with van der Waals surface area (Å²) in [6.07, 6.45) is 5.06. The number of benzene rings is 1. The third-order valence-corrected chi connectivity index (χ3v) is 4.74. The van der Waals surface area contributed by atoms with Gasteiger partial charge < -0.3 is 15.7 Å². The molecule has 3 N–H and O–H groups in total. The second-order valence-corrected chi connectivity index (χ2v) is 7.24. The molecule has 1 aromatic heterocycles. The zero-order chi connectivity index (χ0) is 19.4. The Hall–Kier alpha value is -2.57. The molecule has 1 aromatic carbocycles. The molecule has 1 aliphatic rings. The lowest BCUT2D eigenvalue weighted by Gasteiger charge is -2.24. The lowest BCUT2D eigenvalue weighted by molar-refractivity contribution is 0.432. The van der Waals surface area contributed by atoms with Crippen molar-refractivity contribution in [1.29, 1.82) is 0 Å². The molecule has 1 heterocycles. The third kappa shape index (κ3) is 4.78. The number of aromatic hydroxyl groups is 1. The van der Waals surface area contributed by atoms with Gasteiger partial charge in [0, 0.05) is 31.2 Å². The lowest BCUT2D eigenvalue weighted by Crippen LogP contribution is -2.45. The molecule has 0 amide bonds. The van der Waals surface area contributed by atoms with Crippen LogP contribution in [0.5, 0.6) is 5.75 Å². The van der Waals surface area contributed by atoms with E-state index in [1.165, 1.54) is 17.7 Å². The normalized spacial score (nSPS) is 17.1. The lowest BCUT2D eigenvalue weighted by atomic mass is 9.94. The van der Waals surface area contributed by atoms with Crippen LogP contribution in [0.1, 0.15) is 50.1 Å². The van der Waals surface area contributed by atoms with Crippen molar-refractivity contribution in [3.05, 3.63) is 47.0 Å². The SMILES string of the molecule is CCNC(=NCc1ccc(O)c(F)c1)NC1CCc2cn(C(C)C)nc2C1. The van der Waals surface area contributed by atoms with Gasteiger partial charge in [0.15, 0.2) is 17.5 Å². The molecule has 0 saturated heterocycles. The Morgan fingerprint density at radius 1 is 1.44 bits per heavy atom. The summed E-state index contributed by atoms with van der Waals surface area (Å²) in [7, 11) is 0. The summed E-state index contributed by atoms with van der Waals surface area (Å²) < 4.78 is 15.5. The van der Waals surface area contributed by atoms with Crippen LogP contribution in [0.2, 0.25) is 0 Å². The van der Waals surface area contributed by atoms with Gasteiger partial charge in [0.1, 0.15) is 0 Å². The molecule has 6 nitrogen and oxygen atoms in total. The summed E-state index contributed by atoms with van der Waals surface area (Å²) in [4.78, 5) is 4.56. The average Bonchev–Trinajstić information content (AvgIpc) is 3.06. The van der Waals surface area contributed by atoms with Crippen molar-refractivity contribution in [3.63, 3.8) is 0 Å². The van der Waals surface area contributed by atoms with Crippen LogP contribution in [0.3, 0.4) is 0 Å². The number of phenolic OH excluding ortho intramolecular Hbond substituents is 1. The average molecular weight is 373 g/mol. The van der Waals surface area contributed by atoms with Crippen LogP contribution < -0.4 is 10.6 Å². The first-order valence-corrected chi connectivity index (χ1v) is 9.55. The zero-order valence-electron chi connectivity index (χ0n) is 16.2. The number of aryl methyl sites for hydroxylation is 1. The van der Waals surface area contributed by atoms with Crippen LogP contribution in [0.15, 0.2) is 29.4 Å². The van der Waals surface area contributed by atoms with E-state index in [1.807, 2.05) is 11.6 Å². The standard InChI is InChI=1S/C20H28FN5O/c1-4-22-20(23-11-14-5-8-19(27)17(21)9-14)24-16-7-6-15-12-26(13(2)3)25-18(15)10-16/h5,8-9,12-13,16,27H,4,6-7,10-11H2,1-3H3,(H2,22,23,24). The van der Waals surface area contributed by atoms with Crippen molar-refractivity contribution >= 4 is 5.96 Å². The van der Waals surface area contributed by atoms with Crippen molar-refractivity contribution in [2.45, 2.75) is 58.7 Å². The number of halogens is 1. The minimum absolute atomic E-state index is 0.266. The highest BCUT2D eigenvalue weighted by molar-refractivity contribution is 5.80. The number of hydrogen-bond donors (Lipinski definition) is 3. The number of aliphatic imine (C=N–C) groups is 1. The first kappa shape index (κ1) is 19.2. The molecule has 0 spiro atoms. The van der Waals surface area contributed by atoms with E-state index >= 15 is 0 Å². The van der Waals surface area contributed by atoms with Gasteiger partial charge in [0.2, 0.25) is 0 Å². The van der Waals surface area contributed by atoms with Crippen LogP contribution in [0.4, 0.5) is 4.39 Å². The first-order chi connectivity index (χ1) is 13.0. The number of guanidine groups is 1. The minimum atomic E-state index is -0.624. The fourth-order valence-electron chi connectivity index (χ4n) is 3.23. The predicted molar refractivity (Wildman–Crippen MR) is 104 cm³/mol. The molecule has 146 valence electrons. The second-order valence-electron chi connectivity index (χ2n) is 7.24. The highest BCUT2D eigenvalue weighted by Gasteiger charge is 2.23. The van der Waals surface area contributed by atoms with E-state index in [0.29, 0.717) is 24.1 Å². The predicted octanol–water partition coefficient (Wildman–Crippen LogP) is 2.92. The molecular weight excluding hydrogens is 345 g/mol. The fraction of sp³-hybridized carbons (Fsp3) is 0.500. The number of hydrogen-bond acceptors (Lipinski definition) is 3.